The molecule has 1 unspecified atom stereocenters. The molecule has 0 heterocycles. The summed E-state index contributed by atoms with van der Waals surface area (Å²) in [4.78, 5) is 15.2. The summed E-state index contributed by atoms with van der Waals surface area (Å²) in [5, 5.41) is 3.75. The van der Waals surface area contributed by atoms with Crippen molar-refractivity contribution in [3.05, 3.63) is 94.0 Å². The first-order valence-electron chi connectivity index (χ1n) is 16.4. The third kappa shape index (κ3) is 10.3. The van der Waals surface area contributed by atoms with Crippen molar-refractivity contribution in [2.75, 3.05) is 47.5 Å². The zero-order valence-electron chi connectivity index (χ0n) is 28.4. The lowest BCUT2D eigenvalue weighted by molar-refractivity contribution is -0.125. The molecule has 0 spiro atoms. The molecule has 0 aromatic heterocycles. The molecule has 8 nitrogen and oxygen atoms in total. The van der Waals surface area contributed by atoms with E-state index in [1.807, 2.05) is 42.5 Å². The van der Waals surface area contributed by atoms with Gasteiger partial charge in [0, 0.05) is 30.7 Å². The van der Waals surface area contributed by atoms with Crippen LogP contribution < -0.4 is 10.1 Å². The van der Waals surface area contributed by atoms with E-state index in [0.717, 1.165) is 42.7 Å². The highest BCUT2D eigenvalue weighted by Crippen LogP contribution is 2.40. The first-order chi connectivity index (χ1) is 22.5. The van der Waals surface area contributed by atoms with Gasteiger partial charge < -0.3 is 19.7 Å². The number of ether oxygens (including phenoxy) is 2. The number of rotatable bonds is 16. The average Bonchev–Trinajstić information content (AvgIpc) is 3.04. The van der Waals surface area contributed by atoms with Crippen LogP contribution >= 0.6 is 11.6 Å². The second-order valence-electron chi connectivity index (χ2n) is 12.8. The summed E-state index contributed by atoms with van der Waals surface area (Å²) >= 11 is 6.12. The summed E-state index contributed by atoms with van der Waals surface area (Å²) in [5.41, 5.74) is 3.41. The lowest BCUT2D eigenvalue weighted by Crippen LogP contribution is -2.36. The zero-order chi connectivity index (χ0) is 34.0. The number of carbonyl (C=O) groups is 1. The Kier molecular flexibility index (Phi) is 13.7. The summed E-state index contributed by atoms with van der Waals surface area (Å²) < 4.78 is 40.3. The Hall–Kier alpha value is -2.95. The maximum atomic E-state index is 13.9. The number of amides is 1. The van der Waals surface area contributed by atoms with E-state index in [2.05, 4.69) is 36.4 Å². The van der Waals surface area contributed by atoms with Crippen molar-refractivity contribution in [1.82, 2.24) is 14.5 Å². The lowest BCUT2D eigenvalue weighted by atomic mass is 9.75. The van der Waals surface area contributed by atoms with Crippen molar-refractivity contribution in [2.24, 2.45) is 11.8 Å². The van der Waals surface area contributed by atoms with Crippen LogP contribution in [0, 0.1) is 25.7 Å². The molecule has 1 fully saturated rings. The molecule has 3 aromatic carbocycles. The van der Waals surface area contributed by atoms with Crippen LogP contribution in [0.25, 0.3) is 0 Å². The number of carbonyl (C=O) groups excluding carboxylic acids is 1. The summed E-state index contributed by atoms with van der Waals surface area (Å²) in [7, 11) is 2.00. The van der Waals surface area contributed by atoms with Gasteiger partial charge in [0.2, 0.25) is 15.9 Å². The topological polar surface area (TPSA) is 88.2 Å². The van der Waals surface area contributed by atoms with E-state index >= 15 is 0 Å². The highest BCUT2D eigenvalue weighted by molar-refractivity contribution is 7.89. The van der Waals surface area contributed by atoms with Gasteiger partial charge in [-0.3, -0.25) is 4.79 Å². The van der Waals surface area contributed by atoms with Crippen LogP contribution in [-0.2, 0) is 26.1 Å². The summed E-state index contributed by atoms with van der Waals surface area (Å²) in [6, 6.07) is 21.5. The Morgan fingerprint density at radius 1 is 0.979 bits per heavy atom. The standard InChI is InChI=1S/C37H50ClN3O5S/c1-27-23-34(45-5)24-28(2)37(27)47(43,44)41(25-30-9-7-6-8-10-30)21-22-46-26-35(42)39-20-19-29-11-13-31(14-12-29)36(40(3)4)32-15-17-33(38)18-16-32/h6-10,15-18,23-24,29,31,36H,11-14,19-22,25-26H2,1-5H3,(H,39,42). The monoisotopic (exact) mass is 683 g/mol. The third-order valence-electron chi connectivity index (χ3n) is 9.17. The van der Waals surface area contributed by atoms with Gasteiger partial charge in [0.15, 0.2) is 0 Å². The maximum absolute atomic E-state index is 13.9. The van der Waals surface area contributed by atoms with E-state index < -0.39 is 10.0 Å². The number of nitrogens with zero attached hydrogens (tertiary/aromatic N) is 2. The molecule has 0 bridgehead atoms. The molecule has 0 saturated heterocycles. The molecule has 10 heteroatoms. The molecule has 3 aromatic rings. The molecule has 47 heavy (non-hydrogen) atoms. The number of sulfonamides is 1. The van der Waals surface area contributed by atoms with E-state index in [0.29, 0.717) is 41.3 Å². The molecule has 1 N–H and O–H groups in total. The number of halogens is 1. The number of hydrogen-bond acceptors (Lipinski definition) is 6. The van der Waals surface area contributed by atoms with Crippen LogP contribution in [0.2, 0.25) is 5.02 Å². The molecule has 1 aliphatic rings. The van der Waals surface area contributed by atoms with E-state index in [9.17, 15) is 13.2 Å². The van der Waals surface area contributed by atoms with Crippen LogP contribution in [-0.4, -0.2) is 71.0 Å². The molecule has 1 aliphatic carbocycles. The van der Waals surface area contributed by atoms with Crippen LogP contribution in [0.5, 0.6) is 5.75 Å². The molecule has 0 aliphatic heterocycles. The van der Waals surface area contributed by atoms with Crippen molar-refractivity contribution in [2.45, 2.75) is 63.4 Å². The van der Waals surface area contributed by atoms with Crippen LogP contribution in [0.1, 0.15) is 60.4 Å². The van der Waals surface area contributed by atoms with Gasteiger partial charge in [-0.15, -0.1) is 0 Å². The van der Waals surface area contributed by atoms with Crippen molar-refractivity contribution < 1.29 is 22.7 Å². The quantitative estimate of drug-likeness (QED) is 0.167. The average molecular weight is 684 g/mol. The van der Waals surface area contributed by atoms with Crippen molar-refractivity contribution >= 4 is 27.5 Å². The Morgan fingerprint density at radius 3 is 2.21 bits per heavy atom. The van der Waals surface area contributed by atoms with Gasteiger partial charge in [0.05, 0.1) is 18.6 Å². The Balaban J connectivity index is 1.24. The Bertz CT molecular complexity index is 1520. The summed E-state index contributed by atoms with van der Waals surface area (Å²) in [5.74, 6) is 1.60. The van der Waals surface area contributed by atoms with Gasteiger partial charge in [-0.2, -0.15) is 4.31 Å². The minimum absolute atomic E-state index is 0.0956. The third-order valence-corrected chi connectivity index (χ3v) is 11.6. The summed E-state index contributed by atoms with van der Waals surface area (Å²) in [6.45, 7) is 4.45. The van der Waals surface area contributed by atoms with Gasteiger partial charge in [0.25, 0.3) is 0 Å². The Morgan fingerprint density at radius 2 is 1.62 bits per heavy atom. The van der Waals surface area contributed by atoms with Crippen LogP contribution in [0.3, 0.4) is 0 Å². The number of nitrogens with one attached hydrogen (secondary N) is 1. The lowest BCUT2D eigenvalue weighted by Gasteiger charge is -2.37. The maximum Gasteiger partial charge on any atom is 0.245 e. The molecular formula is C37H50ClN3O5S. The minimum Gasteiger partial charge on any atom is -0.497 e. The molecule has 1 amide bonds. The number of methoxy groups -OCH3 is 1. The first-order valence-corrected chi connectivity index (χ1v) is 18.3. The minimum atomic E-state index is -3.86. The number of hydrogen-bond donors (Lipinski definition) is 1. The van der Waals surface area contributed by atoms with Gasteiger partial charge >= 0.3 is 0 Å². The fraction of sp³-hybridized carbons (Fsp3) is 0.486. The predicted molar refractivity (Wildman–Crippen MR) is 188 cm³/mol. The Labute approximate surface area is 286 Å². The number of benzene rings is 3. The molecule has 4 rings (SSSR count). The van der Waals surface area contributed by atoms with E-state index in [4.69, 9.17) is 21.1 Å². The number of aryl methyl sites for hydroxylation is 2. The van der Waals surface area contributed by atoms with Gasteiger partial charge in [-0.25, -0.2) is 8.42 Å². The molecule has 0 radical (unpaired) electrons. The van der Waals surface area contributed by atoms with Gasteiger partial charge in [-0.05, 0) is 106 Å². The van der Waals surface area contributed by atoms with Crippen molar-refractivity contribution in [3.63, 3.8) is 0 Å². The normalized spacial score (nSPS) is 17.5. The fourth-order valence-electron chi connectivity index (χ4n) is 6.88. The van der Waals surface area contributed by atoms with E-state index in [1.54, 1.807) is 33.1 Å². The van der Waals surface area contributed by atoms with Gasteiger partial charge in [-0.1, -0.05) is 66.9 Å². The van der Waals surface area contributed by atoms with Crippen molar-refractivity contribution in [1.29, 1.82) is 0 Å². The van der Waals surface area contributed by atoms with Crippen LogP contribution in [0.15, 0.2) is 71.6 Å². The van der Waals surface area contributed by atoms with E-state index in [1.165, 1.54) is 9.87 Å². The van der Waals surface area contributed by atoms with Crippen LogP contribution in [0.4, 0.5) is 0 Å². The smallest absolute Gasteiger partial charge is 0.245 e. The zero-order valence-corrected chi connectivity index (χ0v) is 29.9. The molecule has 1 saturated carbocycles. The fourth-order valence-corrected chi connectivity index (χ4v) is 8.83. The van der Waals surface area contributed by atoms with E-state index in [-0.39, 0.29) is 37.1 Å². The second-order valence-corrected chi connectivity index (χ2v) is 15.2. The molecule has 1 atom stereocenters. The molecular weight excluding hydrogens is 634 g/mol. The highest BCUT2D eigenvalue weighted by atomic mass is 35.5. The largest absolute Gasteiger partial charge is 0.497 e. The van der Waals surface area contributed by atoms with Gasteiger partial charge in [0.1, 0.15) is 12.4 Å². The van der Waals surface area contributed by atoms with Crippen molar-refractivity contribution in [3.8, 4) is 5.75 Å². The SMILES string of the molecule is COc1cc(C)c(S(=O)(=O)N(CCOCC(=O)NCCC2CCC(C(c3ccc(Cl)cc3)N(C)C)CC2)Cc2ccccc2)c(C)c1. The predicted octanol–water partition coefficient (Wildman–Crippen LogP) is 6.79. The second kappa shape index (κ2) is 17.4. The highest BCUT2D eigenvalue weighted by Gasteiger charge is 2.30. The molecule has 256 valence electrons. The first kappa shape index (κ1) is 36.9. The summed E-state index contributed by atoms with van der Waals surface area (Å²) in [6.07, 6.45) is 5.55.